The molecule has 0 unspecified atom stereocenters. The van der Waals surface area contributed by atoms with Gasteiger partial charge in [0.2, 0.25) is 5.82 Å². The van der Waals surface area contributed by atoms with Gasteiger partial charge in [-0.25, -0.2) is 4.98 Å². The lowest BCUT2D eigenvalue weighted by Gasteiger charge is -2.02. The number of nitrogens with one attached hydrogen (secondary N) is 1. The number of benzene rings is 1. The molecule has 3 nitrogen and oxygen atoms in total. The summed E-state index contributed by atoms with van der Waals surface area (Å²) in [6, 6.07) is 4.66. The summed E-state index contributed by atoms with van der Waals surface area (Å²) in [5, 5.41) is 9.56. The summed E-state index contributed by atoms with van der Waals surface area (Å²) in [5.74, 6) is -1.00. The van der Waals surface area contributed by atoms with Gasteiger partial charge in [-0.2, -0.15) is 13.2 Å². The molecule has 96 valence electrons. The van der Waals surface area contributed by atoms with Crippen molar-refractivity contribution in [1.82, 2.24) is 9.97 Å². The number of imidazole rings is 1. The van der Waals surface area contributed by atoms with E-state index in [1.807, 2.05) is 0 Å². The van der Waals surface area contributed by atoms with Crippen LogP contribution in [0.4, 0.5) is 13.2 Å². The van der Waals surface area contributed by atoms with Crippen LogP contribution in [0.25, 0.3) is 11.3 Å². The van der Waals surface area contributed by atoms with Gasteiger partial charge in [-0.1, -0.05) is 12.1 Å². The number of alkyl halides is 3. The molecule has 0 aliphatic heterocycles. The number of phenols is 1. The van der Waals surface area contributed by atoms with E-state index in [-0.39, 0.29) is 11.4 Å². The van der Waals surface area contributed by atoms with Crippen LogP contribution in [0.5, 0.6) is 5.75 Å². The third kappa shape index (κ3) is 2.18. The minimum Gasteiger partial charge on any atom is -0.508 e. The summed E-state index contributed by atoms with van der Waals surface area (Å²) < 4.78 is 37.5. The largest absolute Gasteiger partial charge is 0.508 e. The Labute approximate surface area is 101 Å². The number of aromatic nitrogens is 2. The number of aromatic amines is 1. The van der Waals surface area contributed by atoms with Crippen LogP contribution < -0.4 is 0 Å². The van der Waals surface area contributed by atoms with E-state index in [0.717, 1.165) is 0 Å². The van der Waals surface area contributed by atoms with Crippen LogP contribution in [0.3, 0.4) is 0 Å². The Bertz CT molecular complexity index is 587. The first kappa shape index (κ1) is 12.5. The number of H-pyrrole nitrogens is 1. The summed E-state index contributed by atoms with van der Waals surface area (Å²) in [6.45, 7) is 3.21. The predicted octanol–water partition coefficient (Wildman–Crippen LogP) is 3.42. The number of aromatic hydroxyl groups is 1. The second kappa shape index (κ2) is 4.04. The SMILES string of the molecule is Cc1ccc(-c2nc(C(F)(F)F)[nH]c2C)cc1O. The molecule has 0 aliphatic carbocycles. The van der Waals surface area contributed by atoms with Gasteiger partial charge < -0.3 is 10.1 Å². The van der Waals surface area contributed by atoms with Crippen LogP contribution in [0.15, 0.2) is 18.2 Å². The summed E-state index contributed by atoms with van der Waals surface area (Å²) in [6.07, 6.45) is -4.50. The molecule has 2 N–H and O–H groups in total. The molecular weight excluding hydrogens is 245 g/mol. The average Bonchev–Trinajstić information content (AvgIpc) is 2.64. The Hall–Kier alpha value is -1.98. The molecule has 18 heavy (non-hydrogen) atoms. The molecule has 2 rings (SSSR count). The van der Waals surface area contributed by atoms with Crippen LogP contribution in [-0.4, -0.2) is 15.1 Å². The topological polar surface area (TPSA) is 48.9 Å². The molecule has 0 aliphatic rings. The number of nitrogens with zero attached hydrogens (tertiary/aromatic N) is 1. The maximum absolute atomic E-state index is 12.5. The third-order valence-electron chi connectivity index (χ3n) is 2.64. The van der Waals surface area contributed by atoms with Crippen LogP contribution in [-0.2, 0) is 6.18 Å². The zero-order valence-electron chi connectivity index (χ0n) is 9.76. The van der Waals surface area contributed by atoms with Gasteiger partial charge in [-0.15, -0.1) is 0 Å². The zero-order chi connectivity index (χ0) is 13.5. The fraction of sp³-hybridized carbons (Fsp3) is 0.250. The van der Waals surface area contributed by atoms with Gasteiger partial charge in [0.1, 0.15) is 5.75 Å². The smallest absolute Gasteiger partial charge is 0.449 e. The van der Waals surface area contributed by atoms with Crippen LogP contribution >= 0.6 is 0 Å². The summed E-state index contributed by atoms with van der Waals surface area (Å²) >= 11 is 0. The molecule has 1 aromatic heterocycles. The van der Waals surface area contributed by atoms with Crippen molar-refractivity contribution < 1.29 is 18.3 Å². The van der Waals surface area contributed by atoms with Crippen molar-refractivity contribution in [1.29, 1.82) is 0 Å². The van der Waals surface area contributed by atoms with Gasteiger partial charge in [0.15, 0.2) is 0 Å². The molecule has 1 aromatic carbocycles. The molecule has 0 spiro atoms. The normalized spacial score (nSPS) is 11.8. The van der Waals surface area contributed by atoms with E-state index in [9.17, 15) is 18.3 Å². The minimum atomic E-state index is -4.50. The molecular formula is C12H11F3N2O. The average molecular weight is 256 g/mol. The Balaban J connectivity index is 2.51. The van der Waals surface area contributed by atoms with Crippen LogP contribution in [0.1, 0.15) is 17.1 Å². The lowest BCUT2D eigenvalue weighted by atomic mass is 10.1. The number of hydrogen-bond donors (Lipinski definition) is 2. The van der Waals surface area contributed by atoms with E-state index < -0.39 is 12.0 Å². The van der Waals surface area contributed by atoms with Gasteiger partial charge in [0.05, 0.1) is 5.69 Å². The molecule has 0 bridgehead atoms. The highest BCUT2D eigenvalue weighted by Gasteiger charge is 2.35. The molecule has 0 fully saturated rings. The summed E-state index contributed by atoms with van der Waals surface area (Å²) in [5.41, 5.74) is 1.61. The van der Waals surface area contributed by atoms with Gasteiger partial charge in [-0.05, 0) is 25.5 Å². The fourth-order valence-corrected chi connectivity index (χ4v) is 1.63. The molecule has 0 saturated carbocycles. The maximum atomic E-state index is 12.5. The highest BCUT2D eigenvalue weighted by molar-refractivity contribution is 5.64. The van der Waals surface area contributed by atoms with Crippen molar-refractivity contribution in [3.05, 3.63) is 35.3 Å². The molecule has 0 atom stereocenters. The Morgan fingerprint density at radius 3 is 2.39 bits per heavy atom. The zero-order valence-corrected chi connectivity index (χ0v) is 9.76. The number of aryl methyl sites for hydroxylation is 2. The van der Waals surface area contributed by atoms with Crippen molar-refractivity contribution in [2.24, 2.45) is 0 Å². The first-order chi connectivity index (χ1) is 8.29. The van der Waals surface area contributed by atoms with E-state index in [2.05, 4.69) is 9.97 Å². The van der Waals surface area contributed by atoms with Crippen molar-refractivity contribution in [2.75, 3.05) is 0 Å². The van der Waals surface area contributed by atoms with Gasteiger partial charge in [-0.3, -0.25) is 0 Å². The number of halogens is 3. The van der Waals surface area contributed by atoms with Gasteiger partial charge in [0, 0.05) is 11.3 Å². The quantitative estimate of drug-likeness (QED) is 0.821. The van der Waals surface area contributed by atoms with E-state index in [0.29, 0.717) is 16.8 Å². The van der Waals surface area contributed by atoms with E-state index in [1.54, 1.807) is 19.1 Å². The Kier molecular flexibility index (Phi) is 2.80. The number of hydrogen-bond acceptors (Lipinski definition) is 2. The summed E-state index contributed by atoms with van der Waals surface area (Å²) in [7, 11) is 0. The molecule has 0 amide bonds. The first-order valence-electron chi connectivity index (χ1n) is 5.23. The highest BCUT2D eigenvalue weighted by Crippen LogP contribution is 2.32. The minimum absolute atomic E-state index is 0.0310. The monoisotopic (exact) mass is 256 g/mol. The molecule has 0 saturated heterocycles. The fourth-order valence-electron chi connectivity index (χ4n) is 1.63. The van der Waals surface area contributed by atoms with Crippen LogP contribution in [0, 0.1) is 13.8 Å². The first-order valence-corrected chi connectivity index (χ1v) is 5.23. The maximum Gasteiger partial charge on any atom is 0.449 e. The van der Waals surface area contributed by atoms with Crippen molar-refractivity contribution in [3.63, 3.8) is 0 Å². The number of phenolic OH excluding ortho intramolecular Hbond substituents is 1. The van der Waals surface area contributed by atoms with Crippen molar-refractivity contribution in [2.45, 2.75) is 20.0 Å². The van der Waals surface area contributed by atoms with E-state index >= 15 is 0 Å². The van der Waals surface area contributed by atoms with Crippen molar-refractivity contribution in [3.8, 4) is 17.0 Å². The Morgan fingerprint density at radius 2 is 1.89 bits per heavy atom. The molecule has 2 aromatic rings. The predicted molar refractivity (Wildman–Crippen MR) is 60.2 cm³/mol. The number of rotatable bonds is 1. The second-order valence-electron chi connectivity index (χ2n) is 4.06. The molecule has 1 heterocycles. The second-order valence-corrected chi connectivity index (χ2v) is 4.06. The lowest BCUT2D eigenvalue weighted by molar-refractivity contribution is -0.144. The van der Waals surface area contributed by atoms with Gasteiger partial charge in [0.25, 0.3) is 0 Å². The van der Waals surface area contributed by atoms with Crippen molar-refractivity contribution >= 4 is 0 Å². The summed E-state index contributed by atoms with van der Waals surface area (Å²) in [4.78, 5) is 5.73. The van der Waals surface area contributed by atoms with E-state index in [4.69, 9.17) is 0 Å². The third-order valence-corrected chi connectivity index (χ3v) is 2.64. The van der Waals surface area contributed by atoms with Crippen LogP contribution in [0.2, 0.25) is 0 Å². The molecule has 0 radical (unpaired) electrons. The molecule has 6 heteroatoms. The highest BCUT2D eigenvalue weighted by atomic mass is 19.4. The van der Waals surface area contributed by atoms with E-state index in [1.165, 1.54) is 13.0 Å². The lowest BCUT2D eigenvalue weighted by Crippen LogP contribution is -2.07. The standard InChI is InChI=1S/C12H11F3N2O/c1-6-3-4-8(5-9(6)18)10-7(2)16-11(17-10)12(13,14)15/h3-5,18H,1-2H3,(H,16,17). The van der Waals surface area contributed by atoms with Gasteiger partial charge >= 0.3 is 6.18 Å². The Morgan fingerprint density at radius 1 is 1.22 bits per heavy atom.